The van der Waals surface area contributed by atoms with Crippen LogP contribution in [-0.2, 0) is 0 Å². The van der Waals surface area contributed by atoms with Gasteiger partial charge < -0.3 is 4.74 Å². The van der Waals surface area contributed by atoms with Crippen LogP contribution in [0, 0.1) is 0 Å². The summed E-state index contributed by atoms with van der Waals surface area (Å²) in [5.74, 6) is 0.904. The molecule has 0 amide bonds. The third kappa shape index (κ3) is 1.46. The molecule has 0 N–H and O–H groups in total. The Kier molecular flexibility index (Phi) is 2.12. The smallest absolute Gasteiger partial charge is 0.170 e. The molecule has 3 aromatic carbocycles. The van der Waals surface area contributed by atoms with Crippen LogP contribution in [-0.4, -0.2) is 12.4 Å². The number of Topliss-reactive ketones (excluding diaryl/α,β-unsaturated/α-hetero) is 1. The van der Waals surface area contributed by atoms with Gasteiger partial charge in [-0.2, -0.15) is 0 Å². The number of rotatable bonds is 0. The molecule has 2 nitrogen and oxygen atoms in total. The first-order valence-corrected chi connectivity index (χ1v) is 6.45. The Bertz CT molecular complexity index is 818. The molecule has 0 spiro atoms. The van der Waals surface area contributed by atoms with Crippen molar-refractivity contribution in [2.45, 2.75) is 6.42 Å². The summed E-state index contributed by atoms with van der Waals surface area (Å²) < 4.78 is 5.59. The van der Waals surface area contributed by atoms with Crippen molar-refractivity contribution in [2.24, 2.45) is 0 Å². The monoisotopic (exact) mass is 248 g/mol. The van der Waals surface area contributed by atoms with Gasteiger partial charge in [-0.25, -0.2) is 0 Å². The second-order valence-corrected chi connectivity index (χ2v) is 4.84. The number of benzene rings is 3. The predicted molar refractivity (Wildman–Crippen MR) is 75.9 cm³/mol. The first-order chi connectivity index (χ1) is 9.34. The van der Waals surface area contributed by atoms with Gasteiger partial charge in [0.1, 0.15) is 5.75 Å². The van der Waals surface area contributed by atoms with Crippen LogP contribution >= 0.6 is 0 Å². The summed E-state index contributed by atoms with van der Waals surface area (Å²) in [5, 5.41) is 4.50. The number of ether oxygens (including phenoxy) is 1. The first-order valence-electron chi connectivity index (χ1n) is 6.45. The maximum absolute atomic E-state index is 12.2. The van der Waals surface area contributed by atoms with Gasteiger partial charge in [0.2, 0.25) is 0 Å². The van der Waals surface area contributed by atoms with Crippen molar-refractivity contribution in [3.05, 3.63) is 54.1 Å². The molecule has 4 rings (SSSR count). The summed E-state index contributed by atoms with van der Waals surface area (Å²) in [6.45, 7) is 0.491. The lowest BCUT2D eigenvalue weighted by atomic mass is 9.94. The highest BCUT2D eigenvalue weighted by molar-refractivity contribution is 6.17. The summed E-state index contributed by atoms with van der Waals surface area (Å²) in [6, 6.07) is 16.3. The molecule has 0 radical (unpaired) electrons. The molecule has 0 atom stereocenters. The molecule has 92 valence electrons. The SMILES string of the molecule is O=C1CCOc2ccc3c(ccc4ccccc43)c21. The first kappa shape index (κ1) is 10.6. The average molecular weight is 248 g/mol. The van der Waals surface area contributed by atoms with E-state index in [-0.39, 0.29) is 5.78 Å². The Morgan fingerprint density at radius 2 is 1.68 bits per heavy atom. The highest BCUT2D eigenvalue weighted by Crippen LogP contribution is 2.35. The minimum Gasteiger partial charge on any atom is -0.492 e. The molecular formula is C17H12O2. The van der Waals surface area contributed by atoms with Crippen molar-refractivity contribution in [2.75, 3.05) is 6.61 Å². The number of hydrogen-bond donors (Lipinski definition) is 0. The Morgan fingerprint density at radius 3 is 2.63 bits per heavy atom. The maximum Gasteiger partial charge on any atom is 0.170 e. The van der Waals surface area contributed by atoms with Crippen molar-refractivity contribution in [3.8, 4) is 5.75 Å². The van der Waals surface area contributed by atoms with Crippen LogP contribution < -0.4 is 4.74 Å². The van der Waals surface area contributed by atoms with E-state index in [0.29, 0.717) is 13.0 Å². The molecule has 0 aromatic heterocycles. The summed E-state index contributed by atoms with van der Waals surface area (Å²) in [6.07, 6.45) is 0.471. The van der Waals surface area contributed by atoms with E-state index in [4.69, 9.17) is 4.74 Å². The minimum absolute atomic E-state index is 0.183. The number of hydrogen-bond acceptors (Lipinski definition) is 2. The van der Waals surface area contributed by atoms with E-state index >= 15 is 0 Å². The summed E-state index contributed by atoms with van der Waals surface area (Å²) in [7, 11) is 0. The normalized spacial score (nSPS) is 14.4. The molecular weight excluding hydrogens is 236 g/mol. The molecule has 0 fully saturated rings. The maximum atomic E-state index is 12.2. The van der Waals surface area contributed by atoms with E-state index in [1.165, 1.54) is 10.8 Å². The zero-order chi connectivity index (χ0) is 12.8. The zero-order valence-corrected chi connectivity index (χ0v) is 10.3. The predicted octanol–water partition coefficient (Wildman–Crippen LogP) is 3.96. The lowest BCUT2D eigenvalue weighted by molar-refractivity contribution is 0.0936. The lowest BCUT2D eigenvalue weighted by Crippen LogP contribution is -2.15. The van der Waals surface area contributed by atoms with Gasteiger partial charge in [-0.3, -0.25) is 4.79 Å². The molecule has 0 saturated carbocycles. The number of carbonyl (C=O) groups is 1. The van der Waals surface area contributed by atoms with Gasteiger partial charge in [0.25, 0.3) is 0 Å². The minimum atomic E-state index is 0.183. The highest BCUT2D eigenvalue weighted by atomic mass is 16.5. The largest absolute Gasteiger partial charge is 0.492 e. The van der Waals surface area contributed by atoms with Gasteiger partial charge in [-0.1, -0.05) is 42.5 Å². The second-order valence-electron chi connectivity index (χ2n) is 4.84. The van der Waals surface area contributed by atoms with Crippen LogP contribution in [0.3, 0.4) is 0 Å². The molecule has 2 heteroatoms. The Balaban J connectivity index is 2.18. The fraction of sp³-hybridized carbons (Fsp3) is 0.118. The van der Waals surface area contributed by atoms with E-state index in [1.54, 1.807) is 0 Å². The van der Waals surface area contributed by atoms with Crippen LogP contribution in [0.2, 0.25) is 0 Å². The highest BCUT2D eigenvalue weighted by Gasteiger charge is 2.21. The van der Waals surface area contributed by atoms with Crippen LogP contribution in [0.1, 0.15) is 16.8 Å². The van der Waals surface area contributed by atoms with E-state index in [2.05, 4.69) is 24.3 Å². The van der Waals surface area contributed by atoms with Gasteiger partial charge in [0, 0.05) is 6.42 Å². The van der Waals surface area contributed by atoms with Crippen LogP contribution in [0.5, 0.6) is 5.75 Å². The molecule has 1 aliphatic heterocycles. The summed E-state index contributed by atoms with van der Waals surface area (Å²) in [4.78, 5) is 12.2. The Labute approximate surface area is 110 Å². The van der Waals surface area contributed by atoms with Gasteiger partial charge in [-0.05, 0) is 27.6 Å². The van der Waals surface area contributed by atoms with Crippen LogP contribution in [0.4, 0.5) is 0 Å². The molecule has 19 heavy (non-hydrogen) atoms. The second kappa shape index (κ2) is 3.82. The van der Waals surface area contributed by atoms with Crippen LogP contribution in [0.25, 0.3) is 21.5 Å². The standard InChI is InChI=1S/C17H12O2/c18-15-9-10-19-16-8-7-13-12-4-2-1-3-11(12)5-6-14(13)17(15)16/h1-8H,9-10H2. The van der Waals surface area contributed by atoms with Crippen LogP contribution in [0.15, 0.2) is 48.5 Å². The Hall–Kier alpha value is -2.35. The molecule has 3 aromatic rings. The summed E-state index contributed by atoms with van der Waals surface area (Å²) in [5.41, 5.74) is 0.745. The third-order valence-corrected chi connectivity index (χ3v) is 3.75. The van der Waals surface area contributed by atoms with Gasteiger partial charge >= 0.3 is 0 Å². The van der Waals surface area contributed by atoms with Crippen molar-refractivity contribution >= 4 is 27.3 Å². The molecule has 0 bridgehead atoms. The lowest BCUT2D eigenvalue weighted by Gasteiger charge is -2.18. The van der Waals surface area contributed by atoms with Gasteiger partial charge in [0.05, 0.1) is 12.2 Å². The fourth-order valence-corrected chi connectivity index (χ4v) is 2.85. The van der Waals surface area contributed by atoms with Crippen molar-refractivity contribution < 1.29 is 9.53 Å². The molecule has 0 aliphatic carbocycles. The van der Waals surface area contributed by atoms with E-state index in [9.17, 15) is 4.79 Å². The number of ketones is 1. The molecule has 0 unspecified atom stereocenters. The van der Waals surface area contributed by atoms with Crippen molar-refractivity contribution in [1.82, 2.24) is 0 Å². The average Bonchev–Trinajstić information content (AvgIpc) is 2.46. The topological polar surface area (TPSA) is 26.3 Å². The van der Waals surface area contributed by atoms with Gasteiger partial charge in [0.15, 0.2) is 5.78 Å². The van der Waals surface area contributed by atoms with Crippen molar-refractivity contribution in [1.29, 1.82) is 0 Å². The van der Waals surface area contributed by atoms with Gasteiger partial charge in [-0.15, -0.1) is 0 Å². The molecule has 1 aliphatic rings. The van der Waals surface area contributed by atoms with Crippen molar-refractivity contribution in [3.63, 3.8) is 0 Å². The van der Waals surface area contributed by atoms with E-state index in [0.717, 1.165) is 22.1 Å². The van der Waals surface area contributed by atoms with E-state index < -0.39 is 0 Å². The summed E-state index contributed by atoms with van der Waals surface area (Å²) >= 11 is 0. The Morgan fingerprint density at radius 1 is 0.842 bits per heavy atom. The number of fused-ring (bicyclic) bond motifs is 5. The third-order valence-electron chi connectivity index (χ3n) is 3.75. The zero-order valence-electron chi connectivity index (χ0n) is 10.3. The fourth-order valence-electron chi connectivity index (χ4n) is 2.85. The molecule has 1 heterocycles. The molecule has 0 saturated heterocycles. The quantitative estimate of drug-likeness (QED) is 0.563. The van der Waals surface area contributed by atoms with E-state index in [1.807, 2.05) is 24.3 Å². The number of carbonyl (C=O) groups excluding carboxylic acids is 1.